The highest BCUT2D eigenvalue weighted by atomic mass is 127. The van der Waals surface area contributed by atoms with Crippen molar-refractivity contribution in [2.75, 3.05) is 19.6 Å². The van der Waals surface area contributed by atoms with E-state index in [1.165, 1.54) is 11.1 Å². The number of likely N-dealkylation sites (tertiary alicyclic amines) is 1. The van der Waals surface area contributed by atoms with E-state index in [9.17, 15) is 0 Å². The van der Waals surface area contributed by atoms with Crippen LogP contribution in [0.1, 0.15) is 36.7 Å². The summed E-state index contributed by atoms with van der Waals surface area (Å²) in [5.74, 6) is 1.72. The first-order valence-corrected chi connectivity index (χ1v) is 9.79. The third-order valence-corrected chi connectivity index (χ3v) is 4.95. The molecule has 7 nitrogen and oxygen atoms in total. The van der Waals surface area contributed by atoms with Crippen molar-refractivity contribution in [1.29, 1.82) is 0 Å². The second-order valence-electron chi connectivity index (χ2n) is 7.18. The number of hydrogen-bond donors (Lipinski definition) is 2. The fourth-order valence-electron chi connectivity index (χ4n) is 3.43. The molecule has 0 amide bonds. The lowest BCUT2D eigenvalue weighted by atomic mass is 10.0. The second-order valence-corrected chi connectivity index (χ2v) is 7.18. The molecule has 0 bridgehead atoms. The van der Waals surface area contributed by atoms with Crippen LogP contribution in [-0.4, -0.2) is 51.3 Å². The Labute approximate surface area is 185 Å². The summed E-state index contributed by atoms with van der Waals surface area (Å²) >= 11 is 0. The number of piperidine rings is 1. The first-order valence-electron chi connectivity index (χ1n) is 9.79. The molecule has 1 aliphatic rings. The van der Waals surface area contributed by atoms with Crippen LogP contribution < -0.4 is 10.6 Å². The topological polar surface area (TPSA) is 70.4 Å². The smallest absolute Gasteiger partial charge is 0.191 e. The summed E-state index contributed by atoms with van der Waals surface area (Å²) < 4.78 is 1.76. The Bertz CT molecular complexity index is 751. The number of aliphatic imine (C=N–C) groups is 1. The van der Waals surface area contributed by atoms with Crippen molar-refractivity contribution >= 4 is 29.9 Å². The number of aromatic nitrogens is 3. The number of aryl methyl sites for hydroxylation is 2. The van der Waals surface area contributed by atoms with E-state index in [1.54, 1.807) is 11.0 Å². The molecule has 1 saturated heterocycles. The SMILES string of the molecule is CCNC(=NCc1ncnn1C)NC1CCN(Cc2cccc(C)c2)CC1.I. The molecule has 0 saturated carbocycles. The van der Waals surface area contributed by atoms with Crippen LogP contribution in [0.2, 0.25) is 0 Å². The van der Waals surface area contributed by atoms with Crippen molar-refractivity contribution in [3.8, 4) is 0 Å². The minimum atomic E-state index is 0. The van der Waals surface area contributed by atoms with E-state index in [0.29, 0.717) is 12.6 Å². The molecule has 0 spiro atoms. The number of guanidine groups is 1. The van der Waals surface area contributed by atoms with Crippen LogP contribution in [-0.2, 0) is 20.1 Å². The molecule has 3 rings (SSSR count). The Hall–Kier alpha value is -1.68. The van der Waals surface area contributed by atoms with Crippen LogP contribution in [0.5, 0.6) is 0 Å². The Morgan fingerprint density at radius 3 is 2.71 bits per heavy atom. The summed E-state index contributed by atoms with van der Waals surface area (Å²) in [5, 5.41) is 11.0. The van der Waals surface area contributed by atoms with E-state index in [-0.39, 0.29) is 24.0 Å². The van der Waals surface area contributed by atoms with Gasteiger partial charge in [0.05, 0.1) is 0 Å². The lowest BCUT2D eigenvalue weighted by Crippen LogP contribution is -2.48. The summed E-state index contributed by atoms with van der Waals surface area (Å²) in [4.78, 5) is 11.4. The molecule has 0 radical (unpaired) electrons. The fraction of sp³-hybridized carbons (Fsp3) is 0.550. The van der Waals surface area contributed by atoms with Crippen molar-refractivity contribution in [2.45, 2.75) is 45.8 Å². The first kappa shape index (κ1) is 22.6. The van der Waals surface area contributed by atoms with Crippen LogP contribution in [0.25, 0.3) is 0 Å². The van der Waals surface area contributed by atoms with Crippen molar-refractivity contribution < 1.29 is 0 Å². The average Bonchev–Trinajstić information content (AvgIpc) is 3.06. The highest BCUT2D eigenvalue weighted by molar-refractivity contribution is 14.0. The van der Waals surface area contributed by atoms with Crippen LogP contribution in [0.15, 0.2) is 35.6 Å². The largest absolute Gasteiger partial charge is 0.357 e. The van der Waals surface area contributed by atoms with Gasteiger partial charge in [0.1, 0.15) is 18.7 Å². The monoisotopic (exact) mass is 497 g/mol. The number of nitrogens with one attached hydrogen (secondary N) is 2. The van der Waals surface area contributed by atoms with Gasteiger partial charge in [0.15, 0.2) is 5.96 Å². The third kappa shape index (κ3) is 6.73. The van der Waals surface area contributed by atoms with Gasteiger partial charge in [0.25, 0.3) is 0 Å². The summed E-state index contributed by atoms with van der Waals surface area (Å²) in [6.07, 6.45) is 3.82. The predicted molar refractivity (Wildman–Crippen MR) is 124 cm³/mol. The lowest BCUT2D eigenvalue weighted by molar-refractivity contribution is 0.198. The van der Waals surface area contributed by atoms with Gasteiger partial charge in [-0.15, -0.1) is 24.0 Å². The fourth-order valence-corrected chi connectivity index (χ4v) is 3.43. The van der Waals surface area contributed by atoms with Crippen LogP contribution in [0.3, 0.4) is 0 Å². The number of hydrogen-bond acceptors (Lipinski definition) is 4. The molecule has 0 atom stereocenters. The molecule has 8 heteroatoms. The Morgan fingerprint density at radius 1 is 1.29 bits per heavy atom. The van der Waals surface area contributed by atoms with Gasteiger partial charge in [-0.3, -0.25) is 9.58 Å². The van der Waals surface area contributed by atoms with Gasteiger partial charge in [-0.2, -0.15) is 5.10 Å². The molecule has 0 unspecified atom stereocenters. The normalized spacial score (nSPS) is 15.9. The molecule has 1 aromatic carbocycles. The Balaban J connectivity index is 0.00000280. The van der Waals surface area contributed by atoms with Crippen molar-refractivity contribution in [1.82, 2.24) is 30.3 Å². The summed E-state index contributed by atoms with van der Waals surface area (Å²) in [6, 6.07) is 9.26. The number of halogens is 1. The molecule has 0 aliphatic carbocycles. The second kappa shape index (κ2) is 11.4. The molecule has 1 fully saturated rings. The van der Waals surface area contributed by atoms with Gasteiger partial charge in [0.2, 0.25) is 0 Å². The Morgan fingerprint density at radius 2 is 2.07 bits per heavy atom. The molecule has 1 aliphatic heterocycles. The van der Waals surface area contributed by atoms with E-state index in [0.717, 1.165) is 50.8 Å². The zero-order chi connectivity index (χ0) is 19.1. The van der Waals surface area contributed by atoms with Gasteiger partial charge in [-0.1, -0.05) is 29.8 Å². The van der Waals surface area contributed by atoms with Gasteiger partial charge in [0, 0.05) is 39.3 Å². The van der Waals surface area contributed by atoms with E-state index in [2.05, 4.69) is 68.7 Å². The summed E-state index contributed by atoms with van der Waals surface area (Å²) in [5.41, 5.74) is 2.73. The standard InChI is InChI=1S/C20H31N7.HI/c1-4-21-20(22-13-19-23-15-24-26(19)3)25-18-8-10-27(11-9-18)14-17-7-5-6-16(2)12-17;/h5-7,12,15,18H,4,8-11,13-14H2,1-3H3,(H2,21,22,25);1H. The van der Waals surface area contributed by atoms with Crippen LogP contribution in [0.4, 0.5) is 0 Å². The molecular formula is C20H32IN7. The minimum absolute atomic E-state index is 0. The third-order valence-electron chi connectivity index (χ3n) is 4.95. The van der Waals surface area contributed by atoms with Crippen molar-refractivity contribution in [3.63, 3.8) is 0 Å². The summed E-state index contributed by atoms with van der Waals surface area (Å²) in [7, 11) is 1.89. The quantitative estimate of drug-likeness (QED) is 0.365. The zero-order valence-electron chi connectivity index (χ0n) is 17.1. The number of benzene rings is 1. The molecule has 154 valence electrons. The van der Waals surface area contributed by atoms with Gasteiger partial charge in [-0.05, 0) is 32.3 Å². The molecule has 1 aromatic heterocycles. The Kier molecular flexibility index (Phi) is 9.17. The van der Waals surface area contributed by atoms with E-state index in [4.69, 9.17) is 0 Å². The van der Waals surface area contributed by atoms with E-state index < -0.39 is 0 Å². The van der Waals surface area contributed by atoms with E-state index >= 15 is 0 Å². The molecule has 2 heterocycles. The summed E-state index contributed by atoms with van der Waals surface area (Å²) in [6.45, 7) is 8.86. The van der Waals surface area contributed by atoms with Crippen LogP contribution in [0, 0.1) is 6.92 Å². The van der Waals surface area contributed by atoms with Crippen LogP contribution >= 0.6 is 24.0 Å². The predicted octanol–water partition coefficient (Wildman–Crippen LogP) is 2.46. The molecule has 28 heavy (non-hydrogen) atoms. The van der Waals surface area contributed by atoms with Crippen molar-refractivity contribution in [3.05, 3.63) is 47.5 Å². The molecular weight excluding hydrogens is 465 g/mol. The maximum absolute atomic E-state index is 4.66. The maximum Gasteiger partial charge on any atom is 0.191 e. The van der Waals surface area contributed by atoms with Gasteiger partial charge < -0.3 is 10.6 Å². The average molecular weight is 497 g/mol. The highest BCUT2D eigenvalue weighted by Crippen LogP contribution is 2.14. The first-order chi connectivity index (χ1) is 13.1. The van der Waals surface area contributed by atoms with E-state index in [1.807, 2.05) is 7.05 Å². The van der Waals surface area contributed by atoms with Gasteiger partial charge in [-0.25, -0.2) is 9.98 Å². The maximum atomic E-state index is 4.66. The minimum Gasteiger partial charge on any atom is -0.357 e. The molecule has 2 aromatic rings. The van der Waals surface area contributed by atoms with Crippen molar-refractivity contribution in [2.24, 2.45) is 12.0 Å². The number of nitrogens with zero attached hydrogens (tertiary/aromatic N) is 5. The lowest BCUT2D eigenvalue weighted by Gasteiger charge is -2.33. The number of rotatable bonds is 6. The molecule has 2 N–H and O–H groups in total. The highest BCUT2D eigenvalue weighted by Gasteiger charge is 2.20. The zero-order valence-corrected chi connectivity index (χ0v) is 19.4. The van der Waals surface area contributed by atoms with Gasteiger partial charge >= 0.3 is 0 Å².